The van der Waals surface area contributed by atoms with Crippen LogP contribution in [0, 0.1) is 12.3 Å². The normalized spacial score (nSPS) is 12.3. The van der Waals surface area contributed by atoms with E-state index in [-0.39, 0.29) is 6.04 Å². The number of anilines is 1. The first-order chi connectivity index (χ1) is 7.22. The Hall–Kier alpha value is -1.95. The molecule has 0 spiro atoms. The largest absolute Gasteiger partial charge is 0.342 e. The lowest BCUT2D eigenvalue weighted by Gasteiger charge is -2.08. The third-order valence-corrected chi connectivity index (χ3v) is 2.38. The van der Waals surface area contributed by atoms with E-state index in [1.165, 1.54) is 0 Å². The zero-order valence-corrected chi connectivity index (χ0v) is 8.86. The number of benzene rings is 1. The monoisotopic (exact) mass is 199 g/mol. The highest BCUT2D eigenvalue weighted by Gasteiger charge is 2.07. The van der Waals surface area contributed by atoms with Gasteiger partial charge in [0, 0.05) is 7.05 Å². The highest BCUT2D eigenvalue weighted by molar-refractivity contribution is 5.78. The molecule has 3 heteroatoms. The number of nitrogens with zero attached hydrogens (tertiary/aromatic N) is 2. The molecule has 15 heavy (non-hydrogen) atoms. The van der Waals surface area contributed by atoms with Crippen molar-refractivity contribution in [3.05, 3.63) is 24.3 Å². The van der Waals surface area contributed by atoms with Crippen molar-refractivity contribution in [1.82, 2.24) is 9.55 Å². The maximum absolute atomic E-state index is 5.31. The Morgan fingerprint density at radius 2 is 2.20 bits per heavy atom. The van der Waals surface area contributed by atoms with Gasteiger partial charge in [0.15, 0.2) is 0 Å². The molecule has 2 aromatic rings. The smallest absolute Gasteiger partial charge is 0.204 e. The molecule has 0 amide bonds. The van der Waals surface area contributed by atoms with Crippen molar-refractivity contribution in [2.24, 2.45) is 7.05 Å². The predicted molar refractivity (Wildman–Crippen MR) is 62.6 cm³/mol. The quantitative estimate of drug-likeness (QED) is 0.750. The average Bonchev–Trinajstić information content (AvgIpc) is 2.57. The minimum absolute atomic E-state index is 0.0134. The Bertz CT molecular complexity index is 519. The number of hydrogen-bond donors (Lipinski definition) is 1. The van der Waals surface area contributed by atoms with Gasteiger partial charge in [-0.25, -0.2) is 4.98 Å². The number of imidazole rings is 1. The molecule has 1 aromatic carbocycles. The Morgan fingerprint density at radius 3 is 2.87 bits per heavy atom. The molecule has 0 radical (unpaired) electrons. The van der Waals surface area contributed by atoms with Gasteiger partial charge in [-0.1, -0.05) is 18.1 Å². The van der Waals surface area contributed by atoms with E-state index in [1.807, 2.05) is 42.8 Å². The van der Waals surface area contributed by atoms with Gasteiger partial charge in [-0.15, -0.1) is 6.42 Å². The van der Waals surface area contributed by atoms with E-state index < -0.39 is 0 Å². The Kier molecular flexibility index (Phi) is 2.34. The van der Waals surface area contributed by atoms with Crippen molar-refractivity contribution in [2.45, 2.75) is 13.0 Å². The molecular formula is C12H13N3. The molecule has 1 N–H and O–H groups in total. The van der Waals surface area contributed by atoms with Crippen LogP contribution in [0.1, 0.15) is 6.92 Å². The first kappa shape index (κ1) is 9.60. The number of aromatic nitrogens is 2. The second-order valence-electron chi connectivity index (χ2n) is 3.52. The molecule has 0 aliphatic carbocycles. The molecule has 2 rings (SSSR count). The molecule has 3 nitrogen and oxygen atoms in total. The molecule has 0 aliphatic rings. The maximum atomic E-state index is 5.31. The maximum Gasteiger partial charge on any atom is 0.204 e. The number of hydrogen-bond acceptors (Lipinski definition) is 2. The molecule has 1 heterocycles. The van der Waals surface area contributed by atoms with Crippen LogP contribution in [0.25, 0.3) is 11.0 Å². The molecule has 1 aromatic heterocycles. The number of fused-ring (bicyclic) bond motifs is 1. The van der Waals surface area contributed by atoms with Gasteiger partial charge >= 0.3 is 0 Å². The van der Waals surface area contributed by atoms with Crippen molar-refractivity contribution in [3.63, 3.8) is 0 Å². The van der Waals surface area contributed by atoms with E-state index in [1.54, 1.807) is 0 Å². The summed E-state index contributed by atoms with van der Waals surface area (Å²) in [4.78, 5) is 4.46. The van der Waals surface area contributed by atoms with E-state index in [2.05, 4.69) is 16.2 Å². The van der Waals surface area contributed by atoms with Gasteiger partial charge < -0.3 is 9.88 Å². The second kappa shape index (κ2) is 3.66. The first-order valence-electron chi connectivity index (χ1n) is 4.86. The number of para-hydroxylation sites is 2. The summed E-state index contributed by atoms with van der Waals surface area (Å²) in [5.74, 6) is 3.43. The van der Waals surface area contributed by atoms with Gasteiger partial charge in [0.1, 0.15) is 0 Å². The molecule has 0 saturated heterocycles. The fraction of sp³-hybridized carbons (Fsp3) is 0.250. The standard InChI is InChI=1S/C12H13N3/c1-4-9(2)13-12-14-10-7-5-6-8-11(10)15(12)3/h1,5-9H,2-3H3,(H,13,14). The van der Waals surface area contributed by atoms with Crippen LogP contribution in [-0.4, -0.2) is 15.6 Å². The summed E-state index contributed by atoms with van der Waals surface area (Å²) in [7, 11) is 1.97. The lowest BCUT2D eigenvalue weighted by molar-refractivity contribution is 0.903. The Balaban J connectivity index is 2.45. The average molecular weight is 199 g/mol. The minimum Gasteiger partial charge on any atom is -0.342 e. The van der Waals surface area contributed by atoms with Gasteiger partial charge in [-0.3, -0.25) is 0 Å². The highest BCUT2D eigenvalue weighted by atomic mass is 15.2. The Morgan fingerprint density at radius 1 is 1.47 bits per heavy atom. The molecule has 0 bridgehead atoms. The summed E-state index contributed by atoms with van der Waals surface area (Å²) in [5.41, 5.74) is 2.08. The van der Waals surface area contributed by atoms with Crippen molar-refractivity contribution in [3.8, 4) is 12.3 Å². The summed E-state index contributed by atoms with van der Waals surface area (Å²) < 4.78 is 2.00. The molecule has 76 valence electrons. The number of terminal acetylenes is 1. The highest BCUT2D eigenvalue weighted by Crippen LogP contribution is 2.17. The number of rotatable bonds is 2. The summed E-state index contributed by atoms with van der Waals surface area (Å²) >= 11 is 0. The van der Waals surface area contributed by atoms with Gasteiger partial charge in [-0.05, 0) is 19.1 Å². The SMILES string of the molecule is C#CC(C)Nc1nc2ccccc2n1C. The lowest BCUT2D eigenvalue weighted by atomic mass is 10.3. The second-order valence-corrected chi connectivity index (χ2v) is 3.52. The summed E-state index contributed by atoms with van der Waals surface area (Å²) in [6.07, 6.45) is 5.31. The van der Waals surface area contributed by atoms with Crippen LogP contribution in [0.2, 0.25) is 0 Å². The summed E-state index contributed by atoms with van der Waals surface area (Å²) in [6.45, 7) is 1.93. The third-order valence-electron chi connectivity index (χ3n) is 2.38. The zero-order chi connectivity index (χ0) is 10.8. The van der Waals surface area contributed by atoms with E-state index in [0.29, 0.717) is 0 Å². The van der Waals surface area contributed by atoms with Crippen molar-refractivity contribution in [1.29, 1.82) is 0 Å². The summed E-state index contributed by atoms with van der Waals surface area (Å²) in [6, 6.07) is 7.98. The van der Waals surface area contributed by atoms with E-state index in [9.17, 15) is 0 Å². The molecule has 1 unspecified atom stereocenters. The topological polar surface area (TPSA) is 29.9 Å². The number of aryl methyl sites for hydroxylation is 1. The van der Waals surface area contributed by atoms with E-state index in [4.69, 9.17) is 6.42 Å². The third kappa shape index (κ3) is 1.66. The van der Waals surface area contributed by atoms with Crippen molar-refractivity contribution >= 4 is 17.0 Å². The van der Waals surface area contributed by atoms with Crippen LogP contribution in [0.4, 0.5) is 5.95 Å². The first-order valence-corrected chi connectivity index (χ1v) is 4.86. The fourth-order valence-corrected chi connectivity index (χ4v) is 1.51. The van der Waals surface area contributed by atoms with Crippen LogP contribution in [-0.2, 0) is 7.05 Å². The molecule has 0 saturated carbocycles. The van der Waals surface area contributed by atoms with E-state index >= 15 is 0 Å². The number of nitrogens with one attached hydrogen (secondary N) is 1. The minimum atomic E-state index is -0.0134. The molecular weight excluding hydrogens is 186 g/mol. The predicted octanol–water partition coefficient (Wildman–Crippen LogP) is 2.01. The van der Waals surface area contributed by atoms with Gasteiger partial charge in [0.05, 0.1) is 17.1 Å². The van der Waals surface area contributed by atoms with E-state index in [0.717, 1.165) is 17.0 Å². The Labute approximate surface area is 89.1 Å². The van der Waals surface area contributed by atoms with Crippen LogP contribution in [0.3, 0.4) is 0 Å². The van der Waals surface area contributed by atoms with Crippen LogP contribution >= 0.6 is 0 Å². The van der Waals surface area contributed by atoms with Crippen molar-refractivity contribution < 1.29 is 0 Å². The lowest BCUT2D eigenvalue weighted by Crippen LogP contribution is -2.15. The fourth-order valence-electron chi connectivity index (χ4n) is 1.51. The van der Waals surface area contributed by atoms with Crippen LogP contribution in [0.5, 0.6) is 0 Å². The molecule has 0 fully saturated rings. The van der Waals surface area contributed by atoms with Gasteiger partial charge in [-0.2, -0.15) is 0 Å². The van der Waals surface area contributed by atoms with Crippen molar-refractivity contribution in [2.75, 3.05) is 5.32 Å². The molecule has 0 aliphatic heterocycles. The van der Waals surface area contributed by atoms with Crippen LogP contribution in [0.15, 0.2) is 24.3 Å². The van der Waals surface area contributed by atoms with Gasteiger partial charge in [0.25, 0.3) is 0 Å². The van der Waals surface area contributed by atoms with Crippen LogP contribution < -0.4 is 5.32 Å². The summed E-state index contributed by atoms with van der Waals surface area (Å²) in [5, 5.41) is 3.16. The zero-order valence-electron chi connectivity index (χ0n) is 8.86. The molecule has 1 atom stereocenters. The van der Waals surface area contributed by atoms with Gasteiger partial charge in [0.2, 0.25) is 5.95 Å².